The van der Waals surface area contributed by atoms with Gasteiger partial charge >= 0.3 is 5.97 Å². The number of carboxylic acid groups (broad SMARTS) is 1. The number of amidine groups is 1. The molecule has 1 fully saturated rings. The van der Waals surface area contributed by atoms with E-state index in [0.717, 1.165) is 0 Å². The number of amides is 1. The van der Waals surface area contributed by atoms with Crippen molar-refractivity contribution >= 4 is 17.7 Å². The standard InChI is InChI=1S/C13H23N3O7/c1-5(17)9(16-7(3)18)11-10(15-6(2)14)8(19)4-13(22,23-11)12(20)21/h5,8-11,17,19,22H,4H2,1-3H3,(H2,14,15)(H,16,18)(H,20,21)/t5-,8+,9-,10+,11+,13-/m1/s1. The number of carbonyl (C=O) groups excluding carboxylic acids is 1. The largest absolute Gasteiger partial charge is 0.477 e. The molecule has 0 aromatic heterocycles. The molecule has 1 aliphatic rings. The number of hydrogen-bond acceptors (Lipinski definition) is 7. The second kappa shape index (κ2) is 7.21. The minimum Gasteiger partial charge on any atom is -0.477 e. The summed E-state index contributed by atoms with van der Waals surface area (Å²) in [5.74, 6) is -4.77. The van der Waals surface area contributed by atoms with Crippen LogP contribution in [0.3, 0.4) is 0 Å². The Balaban J connectivity index is 3.27. The number of carboxylic acids is 1. The Kier molecular flexibility index (Phi) is 6.05. The highest BCUT2D eigenvalue weighted by Gasteiger charge is 2.53. The molecule has 0 aromatic rings. The van der Waals surface area contributed by atoms with E-state index < -0.39 is 54.5 Å². The first-order valence-corrected chi connectivity index (χ1v) is 7.04. The van der Waals surface area contributed by atoms with Gasteiger partial charge in [0.25, 0.3) is 5.79 Å². The summed E-state index contributed by atoms with van der Waals surface area (Å²) in [6, 6.07) is -2.17. The van der Waals surface area contributed by atoms with Crippen LogP contribution in [-0.4, -0.2) is 74.3 Å². The van der Waals surface area contributed by atoms with E-state index in [4.69, 9.17) is 15.6 Å². The molecule has 1 heterocycles. The van der Waals surface area contributed by atoms with Crippen LogP contribution in [0.4, 0.5) is 0 Å². The van der Waals surface area contributed by atoms with E-state index in [1.807, 2.05) is 0 Å². The number of aliphatic hydroxyl groups is 3. The third-order valence-electron chi connectivity index (χ3n) is 3.48. The number of hydrogen-bond donors (Lipinski definition) is 6. The van der Waals surface area contributed by atoms with Gasteiger partial charge in [0.05, 0.1) is 24.1 Å². The SMILES string of the molecule is CC(=O)N[C@@H]([C@@H]1O[C@@](O)(C(=O)O)C[C@H](O)[C@@H]1N=C(C)N)[C@@H](C)O. The lowest BCUT2D eigenvalue weighted by molar-refractivity contribution is -0.280. The molecule has 0 unspecified atom stereocenters. The Morgan fingerprint density at radius 3 is 2.39 bits per heavy atom. The molecule has 0 saturated carbocycles. The zero-order chi connectivity index (χ0) is 17.9. The third kappa shape index (κ3) is 4.61. The van der Waals surface area contributed by atoms with E-state index in [-0.39, 0.29) is 5.84 Å². The summed E-state index contributed by atoms with van der Waals surface area (Å²) >= 11 is 0. The molecule has 0 radical (unpaired) electrons. The van der Waals surface area contributed by atoms with Gasteiger partial charge in [-0.05, 0) is 13.8 Å². The highest BCUT2D eigenvalue weighted by Crippen LogP contribution is 2.32. The topological polar surface area (TPSA) is 175 Å². The molecule has 1 aliphatic heterocycles. The lowest BCUT2D eigenvalue weighted by Gasteiger charge is -2.44. The Bertz CT molecular complexity index is 492. The summed E-state index contributed by atoms with van der Waals surface area (Å²) in [5, 5.41) is 41.6. The lowest BCUT2D eigenvalue weighted by atomic mass is 9.88. The fourth-order valence-electron chi connectivity index (χ4n) is 2.50. The van der Waals surface area contributed by atoms with E-state index in [2.05, 4.69) is 10.3 Å². The van der Waals surface area contributed by atoms with Crippen molar-refractivity contribution in [2.75, 3.05) is 0 Å². The van der Waals surface area contributed by atoms with E-state index in [1.165, 1.54) is 20.8 Å². The first kappa shape index (κ1) is 19.3. The van der Waals surface area contributed by atoms with Crippen molar-refractivity contribution < 1.29 is 34.8 Å². The van der Waals surface area contributed by atoms with Gasteiger partial charge in [-0.2, -0.15) is 0 Å². The van der Waals surface area contributed by atoms with Crippen molar-refractivity contribution in [1.82, 2.24) is 5.32 Å². The average Bonchev–Trinajstić information content (AvgIpc) is 2.38. The van der Waals surface area contributed by atoms with Crippen LogP contribution >= 0.6 is 0 Å². The first-order valence-electron chi connectivity index (χ1n) is 7.04. The number of carbonyl (C=O) groups is 2. The molecule has 0 aliphatic carbocycles. The molecule has 1 amide bonds. The predicted octanol–water partition coefficient (Wildman–Crippen LogP) is -2.46. The van der Waals surface area contributed by atoms with Gasteiger partial charge in [-0.25, -0.2) is 4.79 Å². The van der Waals surface area contributed by atoms with Crippen molar-refractivity contribution in [3.05, 3.63) is 0 Å². The number of aliphatic imine (C=N–C) groups is 1. The van der Waals surface area contributed by atoms with E-state index in [1.54, 1.807) is 0 Å². The van der Waals surface area contributed by atoms with Crippen LogP contribution in [0.2, 0.25) is 0 Å². The molecule has 7 N–H and O–H groups in total. The fourth-order valence-corrected chi connectivity index (χ4v) is 2.50. The fraction of sp³-hybridized carbons (Fsp3) is 0.769. The third-order valence-corrected chi connectivity index (χ3v) is 3.48. The van der Waals surface area contributed by atoms with Gasteiger partial charge < -0.3 is 36.2 Å². The van der Waals surface area contributed by atoms with Gasteiger partial charge in [0, 0.05) is 13.3 Å². The number of nitrogens with two attached hydrogens (primary N) is 1. The van der Waals surface area contributed by atoms with Crippen molar-refractivity contribution in [1.29, 1.82) is 0 Å². The molecule has 132 valence electrons. The lowest BCUT2D eigenvalue weighted by Crippen LogP contribution is -2.65. The van der Waals surface area contributed by atoms with Crippen LogP contribution in [0.5, 0.6) is 0 Å². The Morgan fingerprint density at radius 2 is 2.00 bits per heavy atom. The number of rotatable bonds is 5. The Morgan fingerprint density at radius 1 is 1.43 bits per heavy atom. The molecule has 10 heteroatoms. The van der Waals surface area contributed by atoms with Crippen LogP contribution in [0.25, 0.3) is 0 Å². The number of aliphatic hydroxyl groups excluding tert-OH is 2. The highest BCUT2D eigenvalue weighted by molar-refractivity contribution is 5.78. The van der Waals surface area contributed by atoms with Crippen LogP contribution in [0, 0.1) is 0 Å². The summed E-state index contributed by atoms with van der Waals surface area (Å²) in [4.78, 5) is 26.5. The van der Waals surface area contributed by atoms with Gasteiger partial charge in [0.1, 0.15) is 12.1 Å². The molecule has 6 atom stereocenters. The van der Waals surface area contributed by atoms with Crippen molar-refractivity contribution in [2.24, 2.45) is 10.7 Å². The highest BCUT2D eigenvalue weighted by atomic mass is 16.7. The summed E-state index contributed by atoms with van der Waals surface area (Å²) in [6.45, 7) is 4.00. The average molecular weight is 333 g/mol. The zero-order valence-corrected chi connectivity index (χ0v) is 13.1. The van der Waals surface area contributed by atoms with E-state index >= 15 is 0 Å². The molecule has 23 heavy (non-hydrogen) atoms. The van der Waals surface area contributed by atoms with E-state index in [0.29, 0.717) is 0 Å². The molecular weight excluding hydrogens is 310 g/mol. The van der Waals surface area contributed by atoms with Gasteiger partial charge in [-0.15, -0.1) is 0 Å². The minimum atomic E-state index is -2.66. The predicted molar refractivity (Wildman–Crippen MR) is 78.5 cm³/mol. The van der Waals surface area contributed by atoms with Gasteiger partial charge in [-0.3, -0.25) is 9.79 Å². The maximum absolute atomic E-state index is 11.3. The normalized spacial score (nSPS) is 34.5. The Hall–Kier alpha value is -1.75. The second-order valence-corrected chi connectivity index (χ2v) is 5.67. The molecule has 10 nitrogen and oxygen atoms in total. The summed E-state index contributed by atoms with van der Waals surface area (Å²) in [7, 11) is 0. The number of nitrogens with zero attached hydrogens (tertiary/aromatic N) is 1. The number of aliphatic carboxylic acids is 1. The molecule has 1 saturated heterocycles. The van der Waals surface area contributed by atoms with Crippen molar-refractivity contribution in [2.45, 2.75) is 63.4 Å². The molecule has 0 spiro atoms. The van der Waals surface area contributed by atoms with Gasteiger partial charge in [0.2, 0.25) is 5.91 Å². The van der Waals surface area contributed by atoms with Crippen LogP contribution in [0.1, 0.15) is 27.2 Å². The first-order chi connectivity index (χ1) is 10.5. The molecular formula is C13H23N3O7. The monoisotopic (exact) mass is 333 g/mol. The Labute approximate surface area is 133 Å². The maximum Gasteiger partial charge on any atom is 0.364 e. The van der Waals surface area contributed by atoms with Crippen LogP contribution < -0.4 is 11.1 Å². The smallest absolute Gasteiger partial charge is 0.364 e. The number of nitrogens with one attached hydrogen (secondary N) is 1. The summed E-state index contributed by atoms with van der Waals surface area (Å²) < 4.78 is 5.20. The van der Waals surface area contributed by atoms with Gasteiger partial charge in [0.15, 0.2) is 0 Å². The molecule has 0 bridgehead atoms. The minimum absolute atomic E-state index is 0.0931. The van der Waals surface area contributed by atoms with Crippen molar-refractivity contribution in [3.63, 3.8) is 0 Å². The second-order valence-electron chi connectivity index (χ2n) is 5.67. The molecule has 1 rings (SSSR count). The van der Waals surface area contributed by atoms with E-state index in [9.17, 15) is 24.9 Å². The van der Waals surface area contributed by atoms with Crippen LogP contribution in [0.15, 0.2) is 4.99 Å². The zero-order valence-electron chi connectivity index (χ0n) is 13.1. The summed E-state index contributed by atoms with van der Waals surface area (Å²) in [5.41, 5.74) is 5.51. The molecule has 0 aromatic carbocycles. The quantitative estimate of drug-likeness (QED) is 0.237. The maximum atomic E-state index is 11.3. The van der Waals surface area contributed by atoms with Crippen LogP contribution in [-0.2, 0) is 14.3 Å². The summed E-state index contributed by atoms with van der Waals surface area (Å²) in [6.07, 6.45) is -4.50. The van der Waals surface area contributed by atoms with Gasteiger partial charge in [-0.1, -0.05) is 0 Å². The van der Waals surface area contributed by atoms with Crippen molar-refractivity contribution in [3.8, 4) is 0 Å². The number of ether oxygens (including phenoxy) is 1.